The van der Waals surface area contributed by atoms with E-state index in [0.29, 0.717) is 22.5 Å². The van der Waals surface area contributed by atoms with Gasteiger partial charge in [0.05, 0.1) is 17.9 Å². The predicted octanol–water partition coefficient (Wildman–Crippen LogP) is 2.72. The van der Waals surface area contributed by atoms with E-state index in [0.717, 1.165) is 0 Å². The Kier molecular flexibility index (Phi) is 4.78. The van der Waals surface area contributed by atoms with Crippen LogP contribution in [0.15, 0.2) is 48.5 Å². The number of ether oxygens (including phenoxy) is 1. The van der Waals surface area contributed by atoms with Gasteiger partial charge in [-0.2, -0.15) is 0 Å². The molecule has 1 amide bonds. The lowest BCUT2D eigenvalue weighted by Crippen LogP contribution is -2.28. The molecule has 0 heterocycles. The van der Waals surface area contributed by atoms with E-state index in [9.17, 15) is 9.59 Å². The monoisotopic (exact) mass is 298 g/mol. The molecule has 0 saturated carbocycles. The van der Waals surface area contributed by atoms with Crippen LogP contribution in [0.4, 0.5) is 11.4 Å². The first kappa shape index (κ1) is 15.6. The van der Waals surface area contributed by atoms with Crippen molar-refractivity contribution < 1.29 is 14.3 Å². The Morgan fingerprint density at radius 3 is 2.36 bits per heavy atom. The fourth-order valence-electron chi connectivity index (χ4n) is 2.08. The average Bonchev–Trinajstić information content (AvgIpc) is 2.54. The van der Waals surface area contributed by atoms with Crippen LogP contribution in [0, 0.1) is 0 Å². The standard InChI is InChI=1S/C17H18N2O3/c1-3-22-17(21)14-6-4-5-7-15(14)19(2)16(20)12-8-10-13(18)11-9-12/h4-11H,3,18H2,1-2H3. The second-order valence-electron chi connectivity index (χ2n) is 4.72. The minimum atomic E-state index is -0.449. The molecule has 2 N–H and O–H groups in total. The normalized spacial score (nSPS) is 10.1. The highest BCUT2D eigenvalue weighted by molar-refractivity contribution is 6.09. The Morgan fingerprint density at radius 2 is 1.73 bits per heavy atom. The van der Waals surface area contributed by atoms with Crippen molar-refractivity contribution in [1.82, 2.24) is 0 Å². The Balaban J connectivity index is 2.33. The van der Waals surface area contributed by atoms with E-state index in [1.165, 1.54) is 4.90 Å². The van der Waals surface area contributed by atoms with Gasteiger partial charge in [-0.25, -0.2) is 4.79 Å². The maximum Gasteiger partial charge on any atom is 0.340 e. The first-order chi connectivity index (χ1) is 10.5. The van der Waals surface area contributed by atoms with E-state index in [4.69, 9.17) is 10.5 Å². The quantitative estimate of drug-likeness (QED) is 0.696. The van der Waals surface area contributed by atoms with Gasteiger partial charge in [0.25, 0.3) is 5.91 Å². The third-order valence-electron chi connectivity index (χ3n) is 3.22. The molecule has 0 fully saturated rings. The summed E-state index contributed by atoms with van der Waals surface area (Å²) < 4.78 is 5.03. The Labute approximate surface area is 129 Å². The first-order valence-electron chi connectivity index (χ1n) is 6.94. The van der Waals surface area contributed by atoms with Gasteiger partial charge >= 0.3 is 5.97 Å². The summed E-state index contributed by atoms with van der Waals surface area (Å²) >= 11 is 0. The zero-order valence-corrected chi connectivity index (χ0v) is 12.6. The Morgan fingerprint density at radius 1 is 1.09 bits per heavy atom. The molecule has 0 aromatic heterocycles. The van der Waals surface area contributed by atoms with Crippen molar-refractivity contribution >= 4 is 23.3 Å². The molecule has 0 aliphatic rings. The smallest absolute Gasteiger partial charge is 0.340 e. The van der Waals surface area contributed by atoms with E-state index in [1.54, 1.807) is 62.5 Å². The summed E-state index contributed by atoms with van der Waals surface area (Å²) in [6, 6.07) is 13.5. The van der Waals surface area contributed by atoms with Gasteiger partial charge in [-0.15, -0.1) is 0 Å². The lowest BCUT2D eigenvalue weighted by atomic mass is 10.1. The number of amides is 1. The Bertz CT molecular complexity index is 681. The summed E-state index contributed by atoms with van der Waals surface area (Å²) in [6.07, 6.45) is 0. The van der Waals surface area contributed by atoms with Crippen molar-refractivity contribution in [3.8, 4) is 0 Å². The molecule has 0 aliphatic heterocycles. The number of hydrogen-bond acceptors (Lipinski definition) is 4. The number of nitrogen functional groups attached to an aromatic ring is 1. The van der Waals surface area contributed by atoms with Crippen molar-refractivity contribution in [2.45, 2.75) is 6.92 Å². The van der Waals surface area contributed by atoms with Gasteiger partial charge in [-0.05, 0) is 43.3 Å². The number of para-hydroxylation sites is 1. The highest BCUT2D eigenvalue weighted by Crippen LogP contribution is 2.22. The molecule has 2 aromatic carbocycles. The number of carbonyl (C=O) groups excluding carboxylic acids is 2. The highest BCUT2D eigenvalue weighted by atomic mass is 16.5. The van der Waals surface area contributed by atoms with Gasteiger partial charge in [-0.3, -0.25) is 4.79 Å². The summed E-state index contributed by atoms with van der Waals surface area (Å²) in [4.78, 5) is 25.9. The molecular weight excluding hydrogens is 280 g/mol. The Hall–Kier alpha value is -2.82. The van der Waals surface area contributed by atoms with Crippen molar-refractivity contribution in [3.63, 3.8) is 0 Å². The van der Waals surface area contributed by atoms with E-state index in [2.05, 4.69) is 0 Å². The van der Waals surface area contributed by atoms with Crippen LogP contribution in [-0.4, -0.2) is 25.5 Å². The SMILES string of the molecule is CCOC(=O)c1ccccc1N(C)C(=O)c1ccc(N)cc1. The zero-order chi connectivity index (χ0) is 16.1. The molecule has 5 nitrogen and oxygen atoms in total. The molecule has 114 valence electrons. The van der Waals surface area contributed by atoms with Gasteiger partial charge in [-0.1, -0.05) is 12.1 Å². The number of esters is 1. The number of anilines is 2. The molecule has 22 heavy (non-hydrogen) atoms. The minimum Gasteiger partial charge on any atom is -0.462 e. The molecule has 0 saturated heterocycles. The van der Waals surface area contributed by atoms with Crippen LogP contribution < -0.4 is 10.6 Å². The molecule has 0 unspecified atom stereocenters. The summed E-state index contributed by atoms with van der Waals surface area (Å²) in [6.45, 7) is 2.02. The van der Waals surface area contributed by atoms with E-state index < -0.39 is 5.97 Å². The number of hydrogen-bond donors (Lipinski definition) is 1. The summed E-state index contributed by atoms with van der Waals surface area (Å²) in [5, 5.41) is 0. The number of nitrogens with zero attached hydrogens (tertiary/aromatic N) is 1. The zero-order valence-electron chi connectivity index (χ0n) is 12.6. The molecule has 5 heteroatoms. The number of benzene rings is 2. The van der Waals surface area contributed by atoms with Gasteiger partial charge < -0.3 is 15.4 Å². The summed E-state index contributed by atoms with van der Waals surface area (Å²) in [7, 11) is 1.62. The topological polar surface area (TPSA) is 72.6 Å². The van der Waals surface area contributed by atoms with Gasteiger partial charge in [0.15, 0.2) is 0 Å². The minimum absolute atomic E-state index is 0.225. The second-order valence-corrected chi connectivity index (χ2v) is 4.72. The largest absolute Gasteiger partial charge is 0.462 e. The maximum atomic E-state index is 12.5. The van der Waals surface area contributed by atoms with E-state index >= 15 is 0 Å². The third kappa shape index (κ3) is 3.25. The van der Waals surface area contributed by atoms with Crippen LogP contribution in [0.1, 0.15) is 27.6 Å². The molecule has 0 atom stereocenters. The van der Waals surface area contributed by atoms with Crippen molar-refractivity contribution in [1.29, 1.82) is 0 Å². The average molecular weight is 298 g/mol. The van der Waals surface area contributed by atoms with Crippen LogP contribution in [0.5, 0.6) is 0 Å². The molecule has 0 bridgehead atoms. The van der Waals surface area contributed by atoms with Gasteiger partial charge in [0.2, 0.25) is 0 Å². The van der Waals surface area contributed by atoms with Crippen LogP contribution in [-0.2, 0) is 4.74 Å². The molecule has 2 aromatic rings. The molecule has 0 aliphatic carbocycles. The summed E-state index contributed by atoms with van der Waals surface area (Å²) in [5.41, 5.74) is 7.57. The fourth-order valence-corrected chi connectivity index (χ4v) is 2.08. The van der Waals surface area contributed by atoms with Crippen molar-refractivity contribution in [2.24, 2.45) is 0 Å². The van der Waals surface area contributed by atoms with Crippen molar-refractivity contribution in [2.75, 3.05) is 24.3 Å². The van der Waals surface area contributed by atoms with E-state index in [-0.39, 0.29) is 12.5 Å². The lowest BCUT2D eigenvalue weighted by molar-refractivity contribution is 0.0527. The fraction of sp³-hybridized carbons (Fsp3) is 0.176. The van der Waals surface area contributed by atoms with Crippen LogP contribution in [0.25, 0.3) is 0 Å². The number of nitrogens with two attached hydrogens (primary N) is 1. The van der Waals surface area contributed by atoms with Crippen molar-refractivity contribution in [3.05, 3.63) is 59.7 Å². The van der Waals surface area contributed by atoms with E-state index in [1.807, 2.05) is 0 Å². The third-order valence-corrected chi connectivity index (χ3v) is 3.22. The number of rotatable bonds is 4. The molecular formula is C17H18N2O3. The highest BCUT2D eigenvalue weighted by Gasteiger charge is 2.20. The summed E-state index contributed by atoms with van der Waals surface area (Å²) in [5.74, 6) is -0.674. The van der Waals surface area contributed by atoms with Gasteiger partial charge in [0.1, 0.15) is 0 Å². The maximum absolute atomic E-state index is 12.5. The predicted molar refractivity (Wildman–Crippen MR) is 86.0 cm³/mol. The molecule has 0 spiro atoms. The number of carbonyl (C=O) groups is 2. The second kappa shape index (κ2) is 6.76. The molecule has 0 radical (unpaired) electrons. The van der Waals surface area contributed by atoms with Crippen LogP contribution in [0.3, 0.4) is 0 Å². The van der Waals surface area contributed by atoms with Gasteiger partial charge in [0, 0.05) is 18.3 Å². The van der Waals surface area contributed by atoms with Crippen LogP contribution in [0.2, 0.25) is 0 Å². The lowest BCUT2D eigenvalue weighted by Gasteiger charge is -2.20. The van der Waals surface area contributed by atoms with Crippen LogP contribution >= 0.6 is 0 Å². The first-order valence-corrected chi connectivity index (χ1v) is 6.94. The molecule has 2 rings (SSSR count).